The van der Waals surface area contributed by atoms with Crippen molar-refractivity contribution in [3.8, 4) is 5.88 Å². The van der Waals surface area contributed by atoms with E-state index in [1.807, 2.05) is 6.20 Å². The van der Waals surface area contributed by atoms with Crippen LogP contribution in [0.1, 0.15) is 63.5 Å². The van der Waals surface area contributed by atoms with Gasteiger partial charge in [-0.1, -0.05) is 27.7 Å². The molecule has 16 heavy (non-hydrogen) atoms. The predicted octanol–water partition coefficient (Wildman–Crippen LogP) is 3.87. The van der Waals surface area contributed by atoms with Gasteiger partial charge in [-0.15, -0.1) is 0 Å². The second-order valence-corrected chi connectivity index (χ2v) is 5.25. The molecule has 0 amide bonds. The zero-order valence-electron chi connectivity index (χ0n) is 10.7. The molecular weight excluding hydrogens is 198 g/mol. The van der Waals surface area contributed by atoms with Gasteiger partial charge in [0, 0.05) is 11.8 Å². The molecule has 0 aliphatic heterocycles. The van der Waals surface area contributed by atoms with Gasteiger partial charge >= 0.3 is 0 Å². The molecule has 1 aliphatic rings. The smallest absolute Gasteiger partial charge is 0.217 e. The minimum absolute atomic E-state index is 0.424. The Kier molecular flexibility index (Phi) is 3.17. The number of pyridine rings is 1. The summed E-state index contributed by atoms with van der Waals surface area (Å²) in [6.45, 7) is 8.87. The first-order valence-corrected chi connectivity index (χ1v) is 6.25. The van der Waals surface area contributed by atoms with Crippen LogP contribution >= 0.6 is 0 Å². The van der Waals surface area contributed by atoms with Crippen molar-refractivity contribution in [1.29, 1.82) is 0 Å². The van der Waals surface area contributed by atoms with E-state index in [9.17, 15) is 0 Å². The molecular formula is C14H21NO. The Morgan fingerprint density at radius 3 is 2.38 bits per heavy atom. The van der Waals surface area contributed by atoms with Gasteiger partial charge in [-0.3, -0.25) is 0 Å². The van der Waals surface area contributed by atoms with E-state index in [-0.39, 0.29) is 0 Å². The molecule has 1 aromatic rings. The first-order valence-electron chi connectivity index (χ1n) is 6.25. The molecule has 0 radical (unpaired) electrons. The summed E-state index contributed by atoms with van der Waals surface area (Å²) in [4.78, 5) is 4.40. The maximum absolute atomic E-state index is 5.90. The lowest BCUT2D eigenvalue weighted by Gasteiger charge is -2.19. The van der Waals surface area contributed by atoms with Crippen molar-refractivity contribution in [1.82, 2.24) is 4.98 Å². The quantitative estimate of drug-likeness (QED) is 0.767. The molecule has 0 aromatic carbocycles. The van der Waals surface area contributed by atoms with Crippen LogP contribution in [0.4, 0.5) is 0 Å². The average molecular weight is 219 g/mol. The van der Waals surface area contributed by atoms with Crippen LogP contribution < -0.4 is 4.74 Å². The highest BCUT2D eigenvalue weighted by Gasteiger charge is 2.26. The minimum atomic E-state index is 0.424. The van der Waals surface area contributed by atoms with Gasteiger partial charge in [-0.05, 0) is 36.3 Å². The van der Waals surface area contributed by atoms with Crippen LogP contribution in [0.2, 0.25) is 0 Å². The van der Waals surface area contributed by atoms with Crippen LogP contribution in [0.3, 0.4) is 0 Å². The number of ether oxygens (including phenoxy) is 1. The van der Waals surface area contributed by atoms with Crippen LogP contribution in [0, 0.1) is 0 Å². The Balaban J connectivity index is 2.37. The average Bonchev–Trinajstić information content (AvgIpc) is 3.00. The Hall–Kier alpha value is -1.05. The van der Waals surface area contributed by atoms with E-state index in [1.165, 1.54) is 24.0 Å². The van der Waals surface area contributed by atoms with E-state index < -0.39 is 0 Å². The summed E-state index contributed by atoms with van der Waals surface area (Å²) in [5, 5.41) is 0. The molecule has 1 fully saturated rings. The normalized spacial score (nSPS) is 15.9. The number of nitrogens with zero attached hydrogens (tertiary/aromatic N) is 1. The lowest BCUT2D eigenvalue weighted by atomic mass is 9.92. The fourth-order valence-electron chi connectivity index (χ4n) is 1.99. The fourth-order valence-corrected chi connectivity index (χ4v) is 1.99. The third-order valence-electron chi connectivity index (χ3n) is 2.99. The second-order valence-electron chi connectivity index (χ2n) is 5.25. The predicted molar refractivity (Wildman–Crippen MR) is 66.1 cm³/mol. The summed E-state index contributed by atoms with van der Waals surface area (Å²) in [5.41, 5.74) is 2.67. The molecule has 1 aliphatic carbocycles. The van der Waals surface area contributed by atoms with Crippen LogP contribution in [0.25, 0.3) is 0 Å². The molecule has 2 rings (SSSR count). The van der Waals surface area contributed by atoms with Crippen molar-refractivity contribution < 1.29 is 4.74 Å². The van der Waals surface area contributed by atoms with E-state index in [1.54, 1.807) is 0 Å². The molecule has 0 N–H and O–H groups in total. The Morgan fingerprint density at radius 2 is 1.88 bits per heavy atom. The first kappa shape index (κ1) is 11.4. The summed E-state index contributed by atoms with van der Waals surface area (Å²) >= 11 is 0. The SMILES string of the molecule is CC(C)c1ccnc(OC2CC2)c1C(C)C. The molecule has 88 valence electrons. The third-order valence-corrected chi connectivity index (χ3v) is 2.99. The van der Waals surface area contributed by atoms with E-state index in [0.717, 1.165) is 5.88 Å². The van der Waals surface area contributed by atoms with E-state index in [2.05, 4.69) is 38.7 Å². The highest BCUT2D eigenvalue weighted by molar-refractivity contribution is 5.39. The number of hydrogen-bond donors (Lipinski definition) is 0. The number of hydrogen-bond acceptors (Lipinski definition) is 2. The zero-order valence-corrected chi connectivity index (χ0v) is 10.7. The van der Waals surface area contributed by atoms with Gasteiger partial charge in [0.1, 0.15) is 6.10 Å². The Bertz CT molecular complexity index is 367. The topological polar surface area (TPSA) is 22.1 Å². The van der Waals surface area contributed by atoms with Crippen LogP contribution in [-0.2, 0) is 0 Å². The van der Waals surface area contributed by atoms with Crippen molar-refractivity contribution in [3.05, 3.63) is 23.4 Å². The van der Waals surface area contributed by atoms with Gasteiger partial charge in [0.15, 0.2) is 0 Å². The van der Waals surface area contributed by atoms with E-state index in [4.69, 9.17) is 4.74 Å². The van der Waals surface area contributed by atoms with Gasteiger partial charge in [-0.2, -0.15) is 0 Å². The van der Waals surface area contributed by atoms with Gasteiger partial charge in [0.25, 0.3) is 0 Å². The Labute approximate surface area is 98.0 Å². The van der Waals surface area contributed by atoms with Crippen molar-refractivity contribution in [2.45, 2.75) is 58.5 Å². The minimum Gasteiger partial charge on any atom is -0.474 e. The van der Waals surface area contributed by atoms with Gasteiger partial charge in [0.2, 0.25) is 5.88 Å². The van der Waals surface area contributed by atoms with Crippen LogP contribution in [0.15, 0.2) is 12.3 Å². The molecule has 0 unspecified atom stereocenters. The summed E-state index contributed by atoms with van der Waals surface area (Å²) in [6.07, 6.45) is 4.67. The lowest BCUT2D eigenvalue weighted by molar-refractivity contribution is 0.286. The molecule has 1 aromatic heterocycles. The highest BCUT2D eigenvalue weighted by atomic mass is 16.5. The van der Waals surface area contributed by atoms with Gasteiger partial charge < -0.3 is 4.74 Å². The highest BCUT2D eigenvalue weighted by Crippen LogP contribution is 2.35. The van der Waals surface area contributed by atoms with Crippen LogP contribution in [-0.4, -0.2) is 11.1 Å². The van der Waals surface area contributed by atoms with E-state index in [0.29, 0.717) is 17.9 Å². The molecule has 0 bridgehead atoms. The monoisotopic (exact) mass is 219 g/mol. The Morgan fingerprint density at radius 1 is 1.19 bits per heavy atom. The lowest BCUT2D eigenvalue weighted by Crippen LogP contribution is -2.07. The first-order chi connectivity index (χ1) is 7.59. The van der Waals surface area contributed by atoms with Crippen LogP contribution in [0.5, 0.6) is 5.88 Å². The second kappa shape index (κ2) is 4.44. The molecule has 0 spiro atoms. The van der Waals surface area contributed by atoms with Crippen molar-refractivity contribution in [2.75, 3.05) is 0 Å². The largest absolute Gasteiger partial charge is 0.474 e. The fraction of sp³-hybridized carbons (Fsp3) is 0.643. The molecule has 0 atom stereocenters. The maximum Gasteiger partial charge on any atom is 0.217 e. The molecule has 0 saturated heterocycles. The molecule has 2 heteroatoms. The zero-order chi connectivity index (χ0) is 11.7. The molecule has 1 heterocycles. The van der Waals surface area contributed by atoms with E-state index >= 15 is 0 Å². The number of aromatic nitrogens is 1. The maximum atomic E-state index is 5.90. The van der Waals surface area contributed by atoms with Crippen molar-refractivity contribution in [2.24, 2.45) is 0 Å². The molecule has 2 nitrogen and oxygen atoms in total. The molecule has 1 saturated carbocycles. The third kappa shape index (κ3) is 2.37. The van der Waals surface area contributed by atoms with Gasteiger partial charge in [0.05, 0.1) is 0 Å². The van der Waals surface area contributed by atoms with Crippen molar-refractivity contribution in [3.63, 3.8) is 0 Å². The van der Waals surface area contributed by atoms with Crippen molar-refractivity contribution >= 4 is 0 Å². The summed E-state index contributed by atoms with van der Waals surface area (Å²) in [5.74, 6) is 1.87. The standard InChI is InChI=1S/C14H21NO/c1-9(2)12-7-8-15-14(13(12)10(3)4)16-11-5-6-11/h7-11H,5-6H2,1-4H3. The number of rotatable bonds is 4. The summed E-state index contributed by atoms with van der Waals surface area (Å²) < 4.78 is 5.90. The van der Waals surface area contributed by atoms with Gasteiger partial charge in [-0.25, -0.2) is 4.98 Å². The summed E-state index contributed by atoms with van der Waals surface area (Å²) in [7, 11) is 0. The summed E-state index contributed by atoms with van der Waals surface area (Å²) in [6, 6.07) is 2.12.